The third-order valence-corrected chi connectivity index (χ3v) is 5.50. The summed E-state index contributed by atoms with van der Waals surface area (Å²) in [6.07, 6.45) is 1.58. The van der Waals surface area contributed by atoms with Gasteiger partial charge in [0, 0.05) is 18.8 Å². The second kappa shape index (κ2) is 10.3. The number of ether oxygens (including phenoxy) is 1. The Morgan fingerprint density at radius 2 is 1.85 bits per heavy atom. The van der Waals surface area contributed by atoms with Crippen LogP contribution in [0.4, 0.5) is 22.2 Å². The molecule has 0 aliphatic rings. The van der Waals surface area contributed by atoms with Gasteiger partial charge in [0.2, 0.25) is 5.95 Å². The summed E-state index contributed by atoms with van der Waals surface area (Å²) in [4.78, 5) is 23.6. The number of benzene rings is 2. The largest absolute Gasteiger partial charge is 0.497 e. The molecule has 0 spiro atoms. The molecule has 8 heteroatoms. The Balaban J connectivity index is 1.91. The number of carbonyl (C=O) groups excluding carboxylic acids is 1. The van der Waals surface area contributed by atoms with Crippen LogP contribution >= 0.6 is 0 Å². The highest BCUT2D eigenvalue weighted by Gasteiger charge is 2.24. The predicted octanol–water partition coefficient (Wildman–Crippen LogP) is 4.41. The Labute approximate surface area is 194 Å². The maximum absolute atomic E-state index is 13.3. The summed E-state index contributed by atoms with van der Waals surface area (Å²) >= 11 is 0. The fraction of sp³-hybridized carbons (Fsp3) is 0.320. The molecule has 0 unspecified atom stereocenters. The third-order valence-electron chi connectivity index (χ3n) is 5.50. The number of nitrogens with one attached hydrogen (secondary N) is 2. The second-order valence-electron chi connectivity index (χ2n) is 8.38. The molecule has 0 radical (unpaired) electrons. The quantitative estimate of drug-likeness (QED) is 0.471. The summed E-state index contributed by atoms with van der Waals surface area (Å²) < 4.78 is 5.25. The van der Waals surface area contributed by atoms with Gasteiger partial charge in [-0.2, -0.15) is 4.98 Å². The highest BCUT2D eigenvalue weighted by atomic mass is 16.5. The Kier molecular flexibility index (Phi) is 7.50. The van der Waals surface area contributed by atoms with E-state index < -0.39 is 5.60 Å². The van der Waals surface area contributed by atoms with E-state index in [9.17, 15) is 9.90 Å². The average Bonchev–Trinajstić information content (AvgIpc) is 2.79. The van der Waals surface area contributed by atoms with Gasteiger partial charge in [-0.05, 0) is 63.1 Å². The molecule has 0 saturated carbocycles. The molecule has 3 rings (SSSR count). The Bertz CT molecular complexity index is 1080. The van der Waals surface area contributed by atoms with Gasteiger partial charge in [0.25, 0.3) is 0 Å². The van der Waals surface area contributed by atoms with Crippen molar-refractivity contribution in [2.24, 2.45) is 0 Å². The third kappa shape index (κ3) is 6.20. The van der Waals surface area contributed by atoms with E-state index in [0.717, 1.165) is 11.1 Å². The lowest BCUT2D eigenvalue weighted by atomic mass is 10.0. The number of hydrogen-bond donors (Lipinski definition) is 3. The van der Waals surface area contributed by atoms with E-state index in [1.165, 1.54) is 4.90 Å². The van der Waals surface area contributed by atoms with Crippen molar-refractivity contribution in [3.63, 3.8) is 0 Å². The summed E-state index contributed by atoms with van der Waals surface area (Å²) in [5, 5.41) is 16.3. The molecule has 0 aliphatic heterocycles. The van der Waals surface area contributed by atoms with Gasteiger partial charge >= 0.3 is 6.03 Å². The Morgan fingerprint density at radius 3 is 2.48 bits per heavy atom. The fourth-order valence-electron chi connectivity index (χ4n) is 3.06. The van der Waals surface area contributed by atoms with Crippen LogP contribution in [0.5, 0.6) is 5.75 Å². The van der Waals surface area contributed by atoms with Crippen LogP contribution in [0.15, 0.2) is 60.8 Å². The summed E-state index contributed by atoms with van der Waals surface area (Å²) in [5.74, 6) is 1.39. The lowest BCUT2D eigenvalue weighted by molar-refractivity contribution is 0.0646. The van der Waals surface area contributed by atoms with Crippen molar-refractivity contribution in [2.45, 2.75) is 45.9 Å². The smallest absolute Gasteiger partial charge is 0.327 e. The zero-order chi connectivity index (χ0) is 24.0. The molecule has 0 fully saturated rings. The minimum absolute atomic E-state index is 0.308. The van der Waals surface area contributed by atoms with E-state index in [1.54, 1.807) is 57.5 Å². The maximum atomic E-state index is 13.3. The number of aromatic nitrogens is 2. The molecule has 3 N–H and O–H groups in total. The van der Waals surface area contributed by atoms with Crippen LogP contribution in [0.25, 0.3) is 0 Å². The summed E-state index contributed by atoms with van der Waals surface area (Å²) in [7, 11) is 1.59. The zero-order valence-corrected chi connectivity index (χ0v) is 19.7. The molecule has 174 valence electrons. The molecule has 0 bridgehead atoms. The van der Waals surface area contributed by atoms with Gasteiger partial charge in [0.1, 0.15) is 11.6 Å². The van der Waals surface area contributed by atoms with Crippen LogP contribution in [0.3, 0.4) is 0 Å². The number of amides is 2. The van der Waals surface area contributed by atoms with Crippen molar-refractivity contribution in [3.05, 3.63) is 71.9 Å². The van der Waals surface area contributed by atoms with Gasteiger partial charge < -0.3 is 20.5 Å². The zero-order valence-electron chi connectivity index (χ0n) is 19.7. The number of aryl methyl sites for hydroxylation is 1. The van der Waals surface area contributed by atoms with E-state index in [2.05, 4.69) is 20.6 Å². The minimum Gasteiger partial charge on any atom is -0.497 e. The van der Waals surface area contributed by atoms with Crippen LogP contribution < -0.4 is 20.3 Å². The molecule has 1 aromatic heterocycles. The summed E-state index contributed by atoms with van der Waals surface area (Å²) in [6, 6.07) is 16.1. The number of urea groups is 1. The van der Waals surface area contributed by atoms with Crippen molar-refractivity contribution in [2.75, 3.05) is 17.3 Å². The SMILES string of the molecule is COc1ccc(N(C(=O)NCc2ccccc2C)c2ccnc(N[C@@H](C)C(C)(C)O)n2)cc1. The monoisotopic (exact) mass is 449 g/mol. The molecule has 2 amide bonds. The molecule has 0 aliphatic carbocycles. The number of aliphatic hydroxyl groups is 1. The molecule has 1 atom stereocenters. The topological polar surface area (TPSA) is 99.6 Å². The standard InChI is InChI=1S/C25H31N5O3/c1-17-8-6-7-9-19(17)16-27-24(31)30(20-10-12-21(33-5)13-11-20)22-14-15-26-23(29-22)28-18(2)25(3,4)32/h6-15,18,32H,16H2,1-5H3,(H,27,31)(H,26,28,29)/t18-/m0/s1. The van der Waals surface area contributed by atoms with Gasteiger partial charge in [0.05, 0.1) is 24.4 Å². The molecule has 1 heterocycles. The Morgan fingerprint density at radius 1 is 1.15 bits per heavy atom. The highest BCUT2D eigenvalue weighted by molar-refractivity contribution is 5.98. The van der Waals surface area contributed by atoms with E-state index in [4.69, 9.17) is 4.74 Å². The first-order chi connectivity index (χ1) is 15.7. The van der Waals surface area contributed by atoms with Crippen molar-refractivity contribution in [3.8, 4) is 5.75 Å². The second-order valence-corrected chi connectivity index (χ2v) is 8.38. The van der Waals surface area contributed by atoms with E-state index in [1.807, 2.05) is 38.1 Å². The van der Waals surface area contributed by atoms with Crippen LogP contribution in [-0.2, 0) is 6.54 Å². The van der Waals surface area contributed by atoms with Crippen LogP contribution in [0.1, 0.15) is 31.9 Å². The molecule has 2 aromatic carbocycles. The first-order valence-corrected chi connectivity index (χ1v) is 10.8. The number of anilines is 3. The molecule has 33 heavy (non-hydrogen) atoms. The first kappa shape index (κ1) is 24.0. The number of methoxy groups -OCH3 is 1. The fourth-order valence-corrected chi connectivity index (χ4v) is 3.06. The maximum Gasteiger partial charge on any atom is 0.327 e. The molecule has 0 saturated heterocycles. The number of rotatable bonds is 8. The van der Waals surface area contributed by atoms with Crippen molar-refractivity contribution >= 4 is 23.5 Å². The van der Waals surface area contributed by atoms with Crippen LogP contribution in [-0.4, -0.2) is 39.9 Å². The van der Waals surface area contributed by atoms with Gasteiger partial charge in [-0.1, -0.05) is 24.3 Å². The molecule has 8 nitrogen and oxygen atoms in total. The summed E-state index contributed by atoms with van der Waals surface area (Å²) in [6.45, 7) is 7.64. The van der Waals surface area contributed by atoms with E-state index in [-0.39, 0.29) is 12.1 Å². The van der Waals surface area contributed by atoms with Gasteiger partial charge in [-0.15, -0.1) is 0 Å². The molecular formula is C25H31N5O3. The minimum atomic E-state index is -0.972. The molecule has 3 aromatic rings. The number of nitrogens with zero attached hydrogens (tertiary/aromatic N) is 3. The van der Waals surface area contributed by atoms with Crippen molar-refractivity contribution < 1.29 is 14.6 Å². The Hall–Kier alpha value is -3.65. The molecular weight excluding hydrogens is 418 g/mol. The van der Waals surface area contributed by atoms with Gasteiger partial charge in [0.15, 0.2) is 0 Å². The van der Waals surface area contributed by atoms with E-state index in [0.29, 0.717) is 29.7 Å². The van der Waals surface area contributed by atoms with Gasteiger partial charge in [-0.25, -0.2) is 14.7 Å². The number of carbonyl (C=O) groups is 1. The van der Waals surface area contributed by atoms with Crippen molar-refractivity contribution in [1.29, 1.82) is 0 Å². The average molecular weight is 450 g/mol. The van der Waals surface area contributed by atoms with Crippen molar-refractivity contribution in [1.82, 2.24) is 15.3 Å². The summed E-state index contributed by atoms with van der Waals surface area (Å²) in [5.41, 5.74) is 1.78. The highest BCUT2D eigenvalue weighted by Crippen LogP contribution is 2.27. The number of hydrogen-bond acceptors (Lipinski definition) is 6. The first-order valence-electron chi connectivity index (χ1n) is 10.8. The lowest BCUT2D eigenvalue weighted by Crippen LogP contribution is -2.40. The van der Waals surface area contributed by atoms with Crippen LogP contribution in [0.2, 0.25) is 0 Å². The lowest BCUT2D eigenvalue weighted by Gasteiger charge is -2.27. The normalized spacial score (nSPS) is 12.1. The van der Waals surface area contributed by atoms with Crippen LogP contribution in [0, 0.1) is 6.92 Å². The van der Waals surface area contributed by atoms with Gasteiger partial charge in [-0.3, -0.25) is 0 Å². The predicted molar refractivity (Wildman–Crippen MR) is 130 cm³/mol. The van der Waals surface area contributed by atoms with E-state index >= 15 is 0 Å².